The van der Waals surface area contributed by atoms with Gasteiger partial charge in [0, 0.05) is 25.2 Å². The van der Waals surface area contributed by atoms with E-state index in [0.29, 0.717) is 13.1 Å². The van der Waals surface area contributed by atoms with Crippen LogP contribution < -0.4 is 5.32 Å². The normalized spacial score (nSPS) is 17.0. The maximum Gasteiger partial charge on any atom is 0.410 e. The molecule has 1 aromatic rings. The Labute approximate surface area is 131 Å². The highest BCUT2D eigenvalue weighted by Gasteiger charge is 2.34. The lowest BCUT2D eigenvalue weighted by atomic mass is 10.0. The van der Waals surface area contributed by atoms with Gasteiger partial charge in [0.25, 0.3) is 0 Å². The van der Waals surface area contributed by atoms with Crippen molar-refractivity contribution in [3.05, 3.63) is 35.6 Å². The molecular formula is C17H25FN2O2. The third kappa shape index (κ3) is 4.44. The van der Waals surface area contributed by atoms with Gasteiger partial charge >= 0.3 is 6.09 Å². The molecule has 1 N–H and O–H groups in total. The van der Waals surface area contributed by atoms with Crippen LogP contribution in [-0.4, -0.2) is 35.7 Å². The Bertz CT molecular complexity index is 522. The molecule has 1 unspecified atom stereocenters. The van der Waals surface area contributed by atoms with Crippen molar-refractivity contribution in [2.45, 2.75) is 51.8 Å². The topological polar surface area (TPSA) is 41.6 Å². The average molecular weight is 308 g/mol. The fourth-order valence-electron chi connectivity index (χ4n) is 2.52. The number of ether oxygens (including phenoxy) is 1. The summed E-state index contributed by atoms with van der Waals surface area (Å²) in [5.41, 5.74) is 0.474. The Hall–Kier alpha value is -1.62. The number of likely N-dealkylation sites (tertiary alicyclic amines) is 1. The first-order valence-electron chi connectivity index (χ1n) is 7.78. The van der Waals surface area contributed by atoms with Gasteiger partial charge in [0.2, 0.25) is 0 Å². The van der Waals surface area contributed by atoms with E-state index >= 15 is 0 Å². The van der Waals surface area contributed by atoms with Crippen molar-refractivity contribution in [1.82, 2.24) is 10.2 Å². The summed E-state index contributed by atoms with van der Waals surface area (Å²) in [7, 11) is 0. The minimum atomic E-state index is -0.469. The molecule has 0 saturated carbocycles. The Morgan fingerprint density at radius 3 is 2.68 bits per heavy atom. The van der Waals surface area contributed by atoms with E-state index in [1.54, 1.807) is 17.0 Å². The number of rotatable bonds is 4. The third-order valence-electron chi connectivity index (χ3n) is 3.63. The maximum atomic E-state index is 13.3. The van der Waals surface area contributed by atoms with Crippen LogP contribution in [0.4, 0.5) is 9.18 Å². The van der Waals surface area contributed by atoms with E-state index in [4.69, 9.17) is 4.74 Å². The van der Waals surface area contributed by atoms with E-state index in [1.807, 2.05) is 26.8 Å². The van der Waals surface area contributed by atoms with Crippen LogP contribution in [0.25, 0.3) is 0 Å². The second-order valence-electron chi connectivity index (χ2n) is 6.76. The standard InChI is InChI=1S/C17H25FN2O2/c1-5-15(12-7-6-8-13(18)9-12)19-14-10-20(11-14)16(21)22-17(2,3)4/h6-9,14-15,19H,5,10-11H2,1-4H3. The van der Waals surface area contributed by atoms with Gasteiger partial charge in [-0.05, 0) is 44.9 Å². The maximum absolute atomic E-state index is 13.3. The van der Waals surface area contributed by atoms with Crippen LogP contribution in [0, 0.1) is 5.82 Å². The summed E-state index contributed by atoms with van der Waals surface area (Å²) in [5, 5.41) is 3.48. The van der Waals surface area contributed by atoms with Crippen LogP contribution in [0.1, 0.15) is 45.7 Å². The summed E-state index contributed by atoms with van der Waals surface area (Å²) in [6.45, 7) is 8.89. The number of hydrogen-bond acceptors (Lipinski definition) is 3. The zero-order valence-corrected chi connectivity index (χ0v) is 13.7. The molecule has 0 spiro atoms. The van der Waals surface area contributed by atoms with Crippen LogP contribution in [0.3, 0.4) is 0 Å². The van der Waals surface area contributed by atoms with Gasteiger partial charge in [-0.25, -0.2) is 9.18 Å². The number of halogens is 1. The van der Waals surface area contributed by atoms with Crippen molar-refractivity contribution in [2.24, 2.45) is 0 Å². The Balaban J connectivity index is 1.84. The molecule has 2 rings (SSSR count). The Morgan fingerprint density at radius 1 is 1.45 bits per heavy atom. The lowest BCUT2D eigenvalue weighted by Gasteiger charge is -2.41. The molecule has 22 heavy (non-hydrogen) atoms. The fraction of sp³-hybridized carbons (Fsp3) is 0.588. The van der Waals surface area contributed by atoms with Gasteiger partial charge in [0.1, 0.15) is 11.4 Å². The van der Waals surface area contributed by atoms with E-state index in [-0.39, 0.29) is 24.0 Å². The Kier molecular flexibility index (Phi) is 5.06. The zero-order chi connectivity index (χ0) is 16.3. The van der Waals surface area contributed by atoms with Crippen molar-refractivity contribution in [3.63, 3.8) is 0 Å². The van der Waals surface area contributed by atoms with Crippen molar-refractivity contribution >= 4 is 6.09 Å². The first-order chi connectivity index (χ1) is 10.3. The molecular weight excluding hydrogens is 283 g/mol. The quantitative estimate of drug-likeness (QED) is 0.926. The highest BCUT2D eigenvalue weighted by Crippen LogP contribution is 2.21. The molecule has 1 fully saturated rings. The molecule has 1 aromatic carbocycles. The number of carbonyl (C=O) groups excluding carboxylic acids is 1. The second kappa shape index (κ2) is 6.65. The van der Waals surface area contributed by atoms with Crippen LogP contribution in [0.2, 0.25) is 0 Å². The molecule has 122 valence electrons. The summed E-state index contributed by atoms with van der Waals surface area (Å²) >= 11 is 0. The van der Waals surface area contributed by atoms with Gasteiger partial charge in [-0.1, -0.05) is 19.1 Å². The van der Waals surface area contributed by atoms with Gasteiger partial charge in [0.15, 0.2) is 0 Å². The molecule has 1 aliphatic rings. The van der Waals surface area contributed by atoms with Crippen molar-refractivity contribution in [3.8, 4) is 0 Å². The number of hydrogen-bond donors (Lipinski definition) is 1. The number of benzene rings is 1. The van der Waals surface area contributed by atoms with Crippen LogP contribution in [0.15, 0.2) is 24.3 Å². The van der Waals surface area contributed by atoms with Crippen molar-refractivity contribution in [2.75, 3.05) is 13.1 Å². The summed E-state index contributed by atoms with van der Waals surface area (Å²) in [5.74, 6) is -0.221. The monoisotopic (exact) mass is 308 g/mol. The third-order valence-corrected chi connectivity index (χ3v) is 3.63. The number of carbonyl (C=O) groups is 1. The first kappa shape index (κ1) is 16.7. The molecule has 1 amide bonds. The zero-order valence-electron chi connectivity index (χ0n) is 13.7. The van der Waals surface area contributed by atoms with Crippen molar-refractivity contribution in [1.29, 1.82) is 0 Å². The van der Waals surface area contributed by atoms with E-state index in [9.17, 15) is 9.18 Å². The SMILES string of the molecule is CCC(NC1CN(C(=O)OC(C)(C)C)C1)c1cccc(F)c1. The van der Waals surface area contributed by atoms with E-state index in [0.717, 1.165) is 12.0 Å². The first-order valence-corrected chi connectivity index (χ1v) is 7.78. The van der Waals surface area contributed by atoms with Crippen LogP contribution in [0.5, 0.6) is 0 Å². The van der Waals surface area contributed by atoms with Gasteiger partial charge in [-0.2, -0.15) is 0 Å². The van der Waals surface area contributed by atoms with Gasteiger partial charge < -0.3 is 15.0 Å². The lowest BCUT2D eigenvalue weighted by Crippen LogP contribution is -2.61. The predicted octanol–water partition coefficient (Wildman–Crippen LogP) is 3.49. The lowest BCUT2D eigenvalue weighted by molar-refractivity contribution is 0.00408. The highest BCUT2D eigenvalue weighted by molar-refractivity contribution is 5.69. The average Bonchev–Trinajstić information content (AvgIpc) is 2.35. The van der Waals surface area contributed by atoms with Gasteiger partial charge in [-0.15, -0.1) is 0 Å². The molecule has 4 nitrogen and oxygen atoms in total. The molecule has 1 heterocycles. The molecule has 0 bridgehead atoms. The molecule has 5 heteroatoms. The second-order valence-corrected chi connectivity index (χ2v) is 6.76. The van der Waals surface area contributed by atoms with Crippen LogP contribution in [-0.2, 0) is 4.74 Å². The highest BCUT2D eigenvalue weighted by atomic mass is 19.1. The predicted molar refractivity (Wildman–Crippen MR) is 84.2 cm³/mol. The molecule has 1 atom stereocenters. The number of nitrogens with one attached hydrogen (secondary N) is 1. The largest absolute Gasteiger partial charge is 0.444 e. The van der Waals surface area contributed by atoms with E-state index < -0.39 is 5.60 Å². The Morgan fingerprint density at radius 2 is 2.14 bits per heavy atom. The summed E-state index contributed by atoms with van der Waals surface area (Å²) in [6.07, 6.45) is 0.594. The summed E-state index contributed by atoms with van der Waals surface area (Å²) < 4.78 is 18.7. The van der Waals surface area contributed by atoms with Crippen molar-refractivity contribution < 1.29 is 13.9 Å². The number of amides is 1. The number of nitrogens with zero attached hydrogens (tertiary/aromatic N) is 1. The molecule has 0 aliphatic carbocycles. The van der Waals surface area contributed by atoms with Crippen LogP contribution >= 0.6 is 0 Å². The summed E-state index contributed by atoms with van der Waals surface area (Å²) in [6, 6.07) is 6.98. The summed E-state index contributed by atoms with van der Waals surface area (Å²) in [4.78, 5) is 13.6. The molecule has 1 aliphatic heterocycles. The van der Waals surface area contributed by atoms with Gasteiger partial charge in [0.05, 0.1) is 0 Å². The smallest absolute Gasteiger partial charge is 0.410 e. The molecule has 1 saturated heterocycles. The van der Waals surface area contributed by atoms with E-state index in [1.165, 1.54) is 6.07 Å². The fourth-order valence-corrected chi connectivity index (χ4v) is 2.52. The van der Waals surface area contributed by atoms with Gasteiger partial charge in [-0.3, -0.25) is 0 Å². The van der Waals surface area contributed by atoms with E-state index in [2.05, 4.69) is 12.2 Å². The minimum absolute atomic E-state index is 0.0986. The minimum Gasteiger partial charge on any atom is -0.444 e. The molecule has 0 aromatic heterocycles. The molecule has 0 radical (unpaired) electrons.